The Morgan fingerprint density at radius 2 is 1.93 bits per heavy atom. The third-order valence-corrected chi connectivity index (χ3v) is 4.69. The van der Waals surface area contributed by atoms with E-state index >= 15 is 0 Å². The molecule has 2 aromatic carbocycles. The van der Waals surface area contributed by atoms with Gasteiger partial charge in [-0.3, -0.25) is 9.59 Å². The van der Waals surface area contributed by atoms with E-state index < -0.39 is 11.5 Å². The zero-order chi connectivity index (χ0) is 20.4. The van der Waals surface area contributed by atoms with E-state index in [0.29, 0.717) is 33.8 Å². The molecule has 148 valence electrons. The van der Waals surface area contributed by atoms with Crippen molar-refractivity contribution in [3.8, 4) is 16.9 Å². The van der Waals surface area contributed by atoms with Crippen LogP contribution < -0.4 is 5.56 Å². The average Bonchev–Trinajstić information content (AvgIpc) is 3.07. The van der Waals surface area contributed by atoms with Gasteiger partial charge in [-0.1, -0.05) is 23.7 Å². The predicted octanol–water partition coefficient (Wildman–Crippen LogP) is 3.21. The van der Waals surface area contributed by atoms with Crippen LogP contribution >= 0.6 is 11.6 Å². The molecule has 2 heterocycles. The molecule has 0 amide bonds. The van der Waals surface area contributed by atoms with Crippen molar-refractivity contribution in [3.63, 3.8) is 0 Å². The smallest absolute Gasteiger partial charge is 0.313 e. The van der Waals surface area contributed by atoms with Gasteiger partial charge in [0.15, 0.2) is 0 Å². The molecule has 29 heavy (non-hydrogen) atoms. The maximum atomic E-state index is 13.1. The molecule has 0 saturated carbocycles. The van der Waals surface area contributed by atoms with Crippen LogP contribution in [0, 0.1) is 0 Å². The van der Waals surface area contributed by atoms with Crippen LogP contribution in [0.4, 0.5) is 0 Å². The van der Waals surface area contributed by atoms with Gasteiger partial charge >= 0.3 is 5.97 Å². The van der Waals surface area contributed by atoms with Crippen LogP contribution in [0.3, 0.4) is 0 Å². The molecule has 0 saturated heterocycles. The summed E-state index contributed by atoms with van der Waals surface area (Å²) in [5, 5.41) is 14.5. The van der Waals surface area contributed by atoms with Gasteiger partial charge in [-0.2, -0.15) is 9.78 Å². The number of hydrogen-bond donors (Lipinski definition) is 1. The molecule has 0 atom stereocenters. The van der Waals surface area contributed by atoms with Gasteiger partial charge in [0.25, 0.3) is 5.56 Å². The van der Waals surface area contributed by atoms with Crippen molar-refractivity contribution in [3.05, 3.63) is 69.7 Å². The van der Waals surface area contributed by atoms with Crippen LogP contribution in [0.5, 0.6) is 0 Å². The van der Waals surface area contributed by atoms with Crippen molar-refractivity contribution in [2.75, 3.05) is 13.2 Å². The van der Waals surface area contributed by atoms with Crippen LogP contribution in [0.25, 0.3) is 27.9 Å². The summed E-state index contributed by atoms with van der Waals surface area (Å²) in [6, 6.07) is 13.9. The molecule has 0 aliphatic carbocycles. The number of aliphatic hydroxyl groups excluding tert-OH is 1. The van der Waals surface area contributed by atoms with Crippen molar-refractivity contribution >= 4 is 28.5 Å². The summed E-state index contributed by atoms with van der Waals surface area (Å²) in [4.78, 5) is 25.3. The molecule has 2 aliphatic heterocycles. The standard InChI is InChI=1S/C21H17ClN2O5/c22-13-6-8-14(9-7-13)24-21(27)19-17(12-18(26)28-11-3-10-25)29-16-5-2-1-4-15(16)20(19)23-24/h1-2,4-9,25H,3,10-12H2. The van der Waals surface area contributed by atoms with Crippen LogP contribution in [-0.2, 0) is 16.0 Å². The third kappa shape index (κ3) is 3.74. The van der Waals surface area contributed by atoms with Crippen molar-refractivity contribution < 1.29 is 19.1 Å². The van der Waals surface area contributed by atoms with Gasteiger partial charge in [0.1, 0.15) is 29.0 Å². The first-order valence-electron chi connectivity index (χ1n) is 9.04. The van der Waals surface area contributed by atoms with E-state index in [2.05, 4.69) is 5.10 Å². The number of rotatable bonds is 6. The summed E-state index contributed by atoms with van der Waals surface area (Å²) in [5.74, 6) is -0.352. The molecule has 0 radical (unpaired) electrons. The number of aliphatic hydroxyl groups is 1. The maximum Gasteiger partial charge on any atom is 0.313 e. The highest BCUT2D eigenvalue weighted by molar-refractivity contribution is 6.30. The number of fused-ring (bicyclic) bond motifs is 3. The number of ether oxygens (including phenoxy) is 1. The van der Waals surface area contributed by atoms with Crippen molar-refractivity contribution in [1.82, 2.24) is 9.78 Å². The minimum Gasteiger partial charge on any atom is -0.465 e. The summed E-state index contributed by atoms with van der Waals surface area (Å²) in [5.41, 5.74) is 1.35. The highest BCUT2D eigenvalue weighted by atomic mass is 35.5. The number of benzene rings is 2. The lowest BCUT2D eigenvalue weighted by atomic mass is 10.1. The molecule has 1 N–H and O–H groups in total. The van der Waals surface area contributed by atoms with E-state index in [4.69, 9.17) is 25.9 Å². The minimum atomic E-state index is -0.544. The summed E-state index contributed by atoms with van der Waals surface area (Å²) >= 11 is 5.94. The number of esters is 1. The Labute approximate surface area is 170 Å². The van der Waals surface area contributed by atoms with E-state index in [1.807, 2.05) is 12.1 Å². The normalized spacial score (nSPS) is 11.2. The summed E-state index contributed by atoms with van der Waals surface area (Å²) in [6.45, 7) is 0.0246. The molecule has 0 aromatic heterocycles. The van der Waals surface area contributed by atoms with Crippen LogP contribution in [0.1, 0.15) is 12.2 Å². The lowest BCUT2D eigenvalue weighted by Crippen LogP contribution is -2.17. The zero-order valence-corrected chi connectivity index (χ0v) is 16.1. The Hall–Kier alpha value is -3.16. The fourth-order valence-corrected chi connectivity index (χ4v) is 3.22. The molecular formula is C21H17ClN2O5. The Morgan fingerprint density at radius 1 is 1.17 bits per heavy atom. The highest BCUT2D eigenvalue weighted by Crippen LogP contribution is 2.32. The first-order valence-corrected chi connectivity index (χ1v) is 9.42. The van der Waals surface area contributed by atoms with E-state index in [1.165, 1.54) is 4.68 Å². The Morgan fingerprint density at radius 3 is 2.69 bits per heavy atom. The molecule has 8 heteroatoms. The highest BCUT2D eigenvalue weighted by Gasteiger charge is 2.26. The van der Waals surface area contributed by atoms with Crippen molar-refractivity contribution in [2.24, 2.45) is 0 Å². The Kier molecular flexibility index (Phi) is 5.33. The summed E-state index contributed by atoms with van der Waals surface area (Å²) in [7, 11) is 0. The predicted molar refractivity (Wildman–Crippen MR) is 108 cm³/mol. The molecule has 2 aliphatic rings. The van der Waals surface area contributed by atoms with E-state index in [9.17, 15) is 9.59 Å². The number of aromatic nitrogens is 2. The summed E-state index contributed by atoms with van der Waals surface area (Å²) in [6.07, 6.45) is 0.131. The summed E-state index contributed by atoms with van der Waals surface area (Å²) < 4.78 is 12.2. The fourth-order valence-electron chi connectivity index (χ4n) is 3.09. The van der Waals surface area contributed by atoms with Crippen molar-refractivity contribution in [2.45, 2.75) is 12.8 Å². The van der Waals surface area contributed by atoms with Gasteiger partial charge in [-0.15, -0.1) is 0 Å². The molecule has 4 rings (SSSR count). The lowest BCUT2D eigenvalue weighted by Gasteiger charge is -2.08. The number of hydrogen-bond acceptors (Lipinski definition) is 6. The molecular weight excluding hydrogens is 396 g/mol. The first kappa shape index (κ1) is 19.2. The van der Waals surface area contributed by atoms with Crippen LogP contribution in [-0.4, -0.2) is 34.1 Å². The van der Waals surface area contributed by atoms with E-state index in [-0.39, 0.29) is 31.0 Å². The molecule has 2 aromatic rings. The monoisotopic (exact) mass is 412 g/mol. The second kappa shape index (κ2) is 8.06. The first-order chi connectivity index (χ1) is 14.1. The van der Waals surface area contributed by atoms with Crippen LogP contribution in [0.2, 0.25) is 5.02 Å². The molecule has 7 nitrogen and oxygen atoms in total. The number of nitrogens with zero attached hydrogens (tertiary/aromatic N) is 2. The van der Waals surface area contributed by atoms with Gasteiger partial charge in [0.2, 0.25) is 0 Å². The van der Waals surface area contributed by atoms with Gasteiger partial charge in [-0.05, 0) is 36.4 Å². The molecule has 0 fully saturated rings. The third-order valence-electron chi connectivity index (χ3n) is 4.44. The number of carbonyl (C=O) groups is 1. The van der Waals surface area contributed by atoms with Crippen molar-refractivity contribution in [1.29, 1.82) is 0 Å². The van der Waals surface area contributed by atoms with Gasteiger partial charge in [0.05, 0.1) is 12.3 Å². The number of halogens is 1. The van der Waals surface area contributed by atoms with Gasteiger partial charge < -0.3 is 14.3 Å². The maximum absolute atomic E-state index is 13.1. The zero-order valence-electron chi connectivity index (χ0n) is 15.3. The topological polar surface area (TPSA) is 94.6 Å². The number of para-hydroxylation sites is 1. The fraction of sp³-hybridized carbons (Fsp3) is 0.190. The van der Waals surface area contributed by atoms with E-state index in [0.717, 1.165) is 0 Å². The minimum absolute atomic E-state index is 0.0730. The van der Waals surface area contributed by atoms with Gasteiger partial charge in [-0.25, -0.2) is 0 Å². The number of carbonyl (C=O) groups excluding carboxylic acids is 1. The van der Waals surface area contributed by atoms with Crippen LogP contribution in [0.15, 0.2) is 57.7 Å². The molecule has 0 spiro atoms. The average molecular weight is 413 g/mol. The second-order valence-electron chi connectivity index (χ2n) is 6.41. The lowest BCUT2D eigenvalue weighted by molar-refractivity contribution is -0.143. The Bertz CT molecular complexity index is 1200. The Balaban J connectivity index is 1.85. The molecule has 0 unspecified atom stereocenters. The largest absolute Gasteiger partial charge is 0.465 e. The quantitative estimate of drug-likeness (QED) is 0.386. The second-order valence-corrected chi connectivity index (χ2v) is 6.85. The molecule has 0 bridgehead atoms. The van der Waals surface area contributed by atoms with Gasteiger partial charge in [0, 0.05) is 23.4 Å². The van der Waals surface area contributed by atoms with E-state index in [1.54, 1.807) is 36.4 Å². The SMILES string of the molecule is O=C(Cc1oc2ccccc2c2nn(-c3ccc(Cl)cc3)c(=O)c1-2)OCCCO.